The van der Waals surface area contributed by atoms with Crippen molar-refractivity contribution in [1.29, 1.82) is 0 Å². The molecular weight excluding hydrogens is 348 g/mol. The second kappa shape index (κ2) is 8.39. The van der Waals surface area contributed by atoms with Crippen molar-refractivity contribution < 1.29 is 37.8 Å². The Kier molecular flexibility index (Phi) is 8.28. The van der Waals surface area contributed by atoms with E-state index in [4.69, 9.17) is 4.18 Å². The summed E-state index contributed by atoms with van der Waals surface area (Å²) >= 11 is 0. The van der Waals surface area contributed by atoms with Gasteiger partial charge >= 0.3 is 0 Å². The molecule has 0 heterocycles. The summed E-state index contributed by atoms with van der Waals surface area (Å²) < 4.78 is 79.0. The van der Waals surface area contributed by atoms with Gasteiger partial charge in [-0.05, 0) is 19.3 Å². The lowest BCUT2D eigenvalue weighted by atomic mass is 10.2. The van der Waals surface area contributed by atoms with Gasteiger partial charge < -0.3 is 0 Å². The van der Waals surface area contributed by atoms with E-state index in [1.165, 1.54) is 0 Å². The predicted molar refractivity (Wildman–Crippen MR) is 75.2 cm³/mol. The lowest BCUT2D eigenvalue weighted by Crippen LogP contribution is -2.25. The molecule has 0 amide bonds. The summed E-state index contributed by atoms with van der Waals surface area (Å²) in [6.07, 6.45) is 2.53. The SMILES string of the molecule is CS(=O)(=O)OCCCCC(COS(C)(=O)=O)OS(C)(=O)=O. The fraction of sp³-hybridized carbons (Fsp3) is 1.00. The molecule has 0 aliphatic rings. The third kappa shape index (κ3) is 15.9. The van der Waals surface area contributed by atoms with Crippen LogP contribution < -0.4 is 0 Å². The molecule has 0 spiro atoms. The molecule has 0 rings (SSSR count). The van der Waals surface area contributed by atoms with Gasteiger partial charge in [-0.3, -0.25) is 12.5 Å². The molecule has 1 atom stereocenters. The van der Waals surface area contributed by atoms with Gasteiger partial charge in [0.15, 0.2) is 0 Å². The second-order valence-electron chi connectivity index (χ2n) is 4.43. The molecule has 0 aliphatic carbocycles. The van der Waals surface area contributed by atoms with Crippen LogP contribution in [-0.2, 0) is 42.9 Å². The van der Waals surface area contributed by atoms with Crippen LogP contribution in [0.5, 0.6) is 0 Å². The average Bonchev–Trinajstić information content (AvgIpc) is 2.20. The van der Waals surface area contributed by atoms with Gasteiger partial charge in [-0.2, -0.15) is 25.3 Å². The summed E-state index contributed by atoms with van der Waals surface area (Å²) in [6, 6.07) is 0. The van der Waals surface area contributed by atoms with E-state index in [0.717, 1.165) is 18.8 Å². The first-order valence-electron chi connectivity index (χ1n) is 5.85. The largest absolute Gasteiger partial charge is 0.270 e. The first-order chi connectivity index (χ1) is 9.29. The van der Waals surface area contributed by atoms with E-state index in [0.29, 0.717) is 12.8 Å². The van der Waals surface area contributed by atoms with E-state index in [1.807, 2.05) is 0 Å². The highest BCUT2D eigenvalue weighted by atomic mass is 32.2. The van der Waals surface area contributed by atoms with Crippen LogP contribution in [0.2, 0.25) is 0 Å². The van der Waals surface area contributed by atoms with Crippen molar-refractivity contribution >= 4 is 30.4 Å². The van der Waals surface area contributed by atoms with Crippen LogP contribution in [0.3, 0.4) is 0 Å². The van der Waals surface area contributed by atoms with Crippen molar-refractivity contribution in [1.82, 2.24) is 0 Å². The quantitative estimate of drug-likeness (QED) is 0.348. The molecule has 0 radical (unpaired) electrons. The summed E-state index contributed by atoms with van der Waals surface area (Å²) in [5, 5.41) is 0. The van der Waals surface area contributed by atoms with Gasteiger partial charge in [-0.25, -0.2) is 0 Å². The number of rotatable bonds is 11. The number of unbranched alkanes of at least 4 members (excludes halogenated alkanes) is 1. The Morgan fingerprint density at radius 3 is 1.71 bits per heavy atom. The lowest BCUT2D eigenvalue weighted by molar-refractivity contribution is 0.128. The molecule has 128 valence electrons. The van der Waals surface area contributed by atoms with E-state index in [-0.39, 0.29) is 13.0 Å². The summed E-state index contributed by atoms with van der Waals surface area (Å²) in [5.74, 6) is 0. The highest BCUT2D eigenvalue weighted by Gasteiger charge is 2.18. The van der Waals surface area contributed by atoms with Gasteiger partial charge in [0, 0.05) is 0 Å². The van der Waals surface area contributed by atoms with Crippen LogP contribution in [0.1, 0.15) is 19.3 Å². The topological polar surface area (TPSA) is 130 Å². The molecule has 0 bridgehead atoms. The lowest BCUT2D eigenvalue weighted by Gasteiger charge is -2.15. The normalized spacial score (nSPS) is 15.0. The Hall–Kier alpha value is -0.270. The van der Waals surface area contributed by atoms with E-state index in [1.54, 1.807) is 0 Å². The average molecular weight is 368 g/mol. The van der Waals surface area contributed by atoms with Crippen molar-refractivity contribution in [3.8, 4) is 0 Å². The molecule has 0 N–H and O–H groups in total. The van der Waals surface area contributed by atoms with Gasteiger partial charge in [0.1, 0.15) is 6.10 Å². The minimum atomic E-state index is -3.76. The second-order valence-corrected chi connectivity index (χ2v) is 9.32. The van der Waals surface area contributed by atoms with Gasteiger partial charge in [0.25, 0.3) is 30.4 Å². The molecule has 0 aromatic rings. The minimum absolute atomic E-state index is 0.0443. The molecule has 12 heteroatoms. The molecule has 0 saturated carbocycles. The van der Waals surface area contributed by atoms with Gasteiger partial charge in [0.2, 0.25) is 0 Å². The maximum absolute atomic E-state index is 11.1. The van der Waals surface area contributed by atoms with Gasteiger partial charge in [0.05, 0.1) is 32.0 Å². The zero-order valence-corrected chi connectivity index (χ0v) is 14.5. The Bertz CT molecular complexity index is 603. The maximum atomic E-state index is 11.1. The van der Waals surface area contributed by atoms with Gasteiger partial charge in [-0.15, -0.1) is 0 Å². The fourth-order valence-corrected chi connectivity index (χ4v) is 2.76. The van der Waals surface area contributed by atoms with E-state index in [2.05, 4.69) is 8.37 Å². The monoisotopic (exact) mass is 368 g/mol. The Morgan fingerprint density at radius 1 is 0.762 bits per heavy atom. The summed E-state index contributed by atoms with van der Waals surface area (Å²) in [5.41, 5.74) is 0. The molecule has 0 aromatic heterocycles. The zero-order valence-electron chi connectivity index (χ0n) is 12.0. The molecule has 9 nitrogen and oxygen atoms in total. The van der Waals surface area contributed by atoms with E-state index in [9.17, 15) is 25.3 Å². The van der Waals surface area contributed by atoms with Crippen LogP contribution in [0.15, 0.2) is 0 Å². The van der Waals surface area contributed by atoms with Crippen LogP contribution in [-0.4, -0.2) is 63.3 Å². The number of hydrogen-bond donors (Lipinski definition) is 0. The fourth-order valence-electron chi connectivity index (χ4n) is 1.29. The van der Waals surface area contributed by atoms with Crippen molar-refractivity contribution in [3.05, 3.63) is 0 Å². The molecule has 21 heavy (non-hydrogen) atoms. The highest BCUT2D eigenvalue weighted by molar-refractivity contribution is 7.86. The third-order valence-electron chi connectivity index (χ3n) is 2.00. The van der Waals surface area contributed by atoms with E-state index >= 15 is 0 Å². The summed E-state index contributed by atoms with van der Waals surface area (Å²) in [7, 11) is -11.0. The van der Waals surface area contributed by atoms with Gasteiger partial charge in [-0.1, -0.05) is 0 Å². The molecule has 0 aromatic carbocycles. The molecular formula is C9H20O9S3. The predicted octanol–water partition coefficient (Wildman–Crippen LogP) is -0.546. The summed E-state index contributed by atoms with van der Waals surface area (Å²) in [4.78, 5) is 0. The standard InChI is InChI=1S/C9H20O9S3/c1-19(10,11)16-7-5-4-6-9(18-21(3,14)15)8-17-20(2,12)13/h9H,4-8H2,1-3H3. The minimum Gasteiger partial charge on any atom is -0.270 e. The Morgan fingerprint density at radius 2 is 1.29 bits per heavy atom. The van der Waals surface area contributed by atoms with Crippen molar-refractivity contribution in [2.75, 3.05) is 32.0 Å². The third-order valence-corrected chi connectivity index (χ3v) is 3.78. The molecule has 1 unspecified atom stereocenters. The van der Waals surface area contributed by atoms with Crippen LogP contribution in [0, 0.1) is 0 Å². The van der Waals surface area contributed by atoms with Crippen molar-refractivity contribution in [2.45, 2.75) is 25.4 Å². The number of hydrogen-bond acceptors (Lipinski definition) is 9. The van der Waals surface area contributed by atoms with Crippen LogP contribution >= 0.6 is 0 Å². The van der Waals surface area contributed by atoms with Crippen molar-refractivity contribution in [2.24, 2.45) is 0 Å². The molecule has 0 aliphatic heterocycles. The first kappa shape index (κ1) is 20.7. The first-order valence-corrected chi connectivity index (χ1v) is 11.3. The molecule has 0 saturated heterocycles. The maximum Gasteiger partial charge on any atom is 0.264 e. The van der Waals surface area contributed by atoms with Crippen LogP contribution in [0.25, 0.3) is 0 Å². The summed E-state index contributed by atoms with van der Waals surface area (Å²) in [6.45, 7) is -0.476. The molecule has 0 fully saturated rings. The van der Waals surface area contributed by atoms with E-state index < -0.39 is 43.1 Å². The smallest absolute Gasteiger partial charge is 0.264 e. The van der Waals surface area contributed by atoms with Crippen LogP contribution in [0.4, 0.5) is 0 Å². The Labute approximate surface area is 126 Å². The van der Waals surface area contributed by atoms with Crippen molar-refractivity contribution in [3.63, 3.8) is 0 Å². The zero-order chi connectivity index (χ0) is 16.7. The highest BCUT2D eigenvalue weighted by Crippen LogP contribution is 2.10. The Balaban J connectivity index is 4.28.